The summed E-state index contributed by atoms with van der Waals surface area (Å²) in [4.78, 5) is 55.1. The molecule has 3 fully saturated rings. The summed E-state index contributed by atoms with van der Waals surface area (Å²) < 4.78 is 0. The van der Waals surface area contributed by atoms with Gasteiger partial charge in [-0.25, -0.2) is 4.79 Å². The molecule has 4 aliphatic heterocycles. The maximum atomic E-state index is 13.6. The number of carbonyl (C=O) groups excluding carboxylic acids is 3. The maximum absolute atomic E-state index is 13.6. The Bertz CT molecular complexity index is 1210. The Hall–Kier alpha value is -2.93. The minimum Gasteiger partial charge on any atom is -0.477 e. The van der Waals surface area contributed by atoms with E-state index in [1.807, 2.05) is 42.2 Å². The number of nitrogens with zero attached hydrogens (tertiary/aromatic N) is 2. The second-order valence-corrected chi connectivity index (χ2v) is 12.6. The van der Waals surface area contributed by atoms with Crippen LogP contribution in [-0.2, 0) is 19.2 Å². The monoisotopic (exact) mass is 570 g/mol. The van der Waals surface area contributed by atoms with E-state index in [1.54, 1.807) is 14.0 Å². The molecule has 5 rings (SSSR count). The van der Waals surface area contributed by atoms with E-state index in [0.717, 1.165) is 5.56 Å². The fourth-order valence-electron chi connectivity index (χ4n) is 6.72. The summed E-state index contributed by atoms with van der Waals surface area (Å²) in [6.45, 7) is 4.93. The third kappa shape index (κ3) is 5.13. The van der Waals surface area contributed by atoms with Gasteiger partial charge in [0, 0.05) is 41.2 Å². The van der Waals surface area contributed by atoms with Crippen molar-refractivity contribution in [1.29, 1.82) is 0 Å². The van der Waals surface area contributed by atoms with E-state index >= 15 is 0 Å². The molecule has 1 aromatic carbocycles. The van der Waals surface area contributed by atoms with Gasteiger partial charge in [-0.05, 0) is 32.4 Å². The third-order valence-electron chi connectivity index (χ3n) is 8.54. The average molecular weight is 571 g/mol. The number of carboxylic acid groups (broad SMARTS) is 1. The van der Waals surface area contributed by atoms with Gasteiger partial charge in [0.15, 0.2) is 0 Å². The van der Waals surface area contributed by atoms with E-state index in [1.165, 1.54) is 16.7 Å². The molecule has 3 amide bonds. The second kappa shape index (κ2) is 11.5. The molecule has 11 nitrogen and oxygen atoms in total. The van der Waals surface area contributed by atoms with Gasteiger partial charge in [0.1, 0.15) is 5.70 Å². The van der Waals surface area contributed by atoms with Crippen molar-refractivity contribution >= 4 is 35.5 Å². The average Bonchev–Trinajstić information content (AvgIpc) is 3.60. The smallest absolute Gasteiger partial charge is 0.353 e. The van der Waals surface area contributed by atoms with Crippen molar-refractivity contribution in [3.63, 3.8) is 0 Å². The molecule has 216 valence electrons. The molecule has 1 aromatic rings. The van der Waals surface area contributed by atoms with E-state index < -0.39 is 17.9 Å². The Labute approximate surface area is 238 Å². The van der Waals surface area contributed by atoms with Crippen LogP contribution in [0.4, 0.5) is 0 Å². The Morgan fingerprint density at radius 2 is 1.95 bits per heavy atom. The third-order valence-corrected chi connectivity index (χ3v) is 10.1. The number of nitrogens with two attached hydrogens (primary N) is 1. The zero-order valence-electron chi connectivity index (χ0n) is 23.0. The summed E-state index contributed by atoms with van der Waals surface area (Å²) in [6, 6.07) is 8.67. The lowest BCUT2D eigenvalue weighted by atomic mass is 9.78. The van der Waals surface area contributed by atoms with Crippen LogP contribution in [0.2, 0.25) is 0 Å². The highest BCUT2D eigenvalue weighted by atomic mass is 32.2. The number of benzene rings is 1. The molecule has 12 heteroatoms. The first-order valence-electron chi connectivity index (χ1n) is 13.9. The zero-order chi connectivity index (χ0) is 28.7. The first-order chi connectivity index (χ1) is 19.1. The standard InChI is InChI=1S/C28H38N6O5S/c1-14-23-22(15(2)32-21(35)12-30-3)27(37)34(23)24(28(38)39)25(14)40-18-10-19(31-11-18)26(36)33-13-17(29)9-20(33)16-7-5-4-6-8-16/h4-8,14-15,17-20,22-23,30-31H,9-13,29H2,1-3H3,(H,32,35)(H,38,39)/t14-,15?,17+,18+,19+,20+,22-,23-/m1/s1. The molecule has 4 aliphatic rings. The number of rotatable bonds is 9. The lowest BCUT2D eigenvalue weighted by Gasteiger charge is -2.47. The Kier molecular flexibility index (Phi) is 8.23. The Morgan fingerprint density at radius 3 is 2.62 bits per heavy atom. The second-order valence-electron chi connectivity index (χ2n) is 11.3. The predicted molar refractivity (Wildman–Crippen MR) is 151 cm³/mol. The minimum atomic E-state index is -1.13. The summed E-state index contributed by atoms with van der Waals surface area (Å²) in [5, 5.41) is 19.1. The summed E-state index contributed by atoms with van der Waals surface area (Å²) in [6.07, 6.45) is 1.27. The van der Waals surface area contributed by atoms with Crippen molar-refractivity contribution in [2.45, 2.75) is 62.1 Å². The topological polar surface area (TPSA) is 157 Å². The van der Waals surface area contributed by atoms with Crippen molar-refractivity contribution in [2.24, 2.45) is 17.6 Å². The first kappa shape index (κ1) is 28.6. The number of thioether (sulfide) groups is 1. The van der Waals surface area contributed by atoms with E-state index in [9.17, 15) is 24.3 Å². The van der Waals surface area contributed by atoms with Crippen molar-refractivity contribution < 1.29 is 24.3 Å². The van der Waals surface area contributed by atoms with E-state index in [0.29, 0.717) is 30.8 Å². The molecule has 8 atom stereocenters. The summed E-state index contributed by atoms with van der Waals surface area (Å²) in [5.74, 6) is -2.30. The molecular formula is C28H38N6O5S. The quantitative estimate of drug-likeness (QED) is 0.263. The normalized spacial score (nSPS) is 32.2. The van der Waals surface area contributed by atoms with Crippen LogP contribution in [0.1, 0.15) is 38.3 Å². The highest BCUT2D eigenvalue weighted by Crippen LogP contribution is 2.52. The lowest BCUT2D eigenvalue weighted by molar-refractivity contribution is -0.158. The van der Waals surface area contributed by atoms with Gasteiger partial charge in [-0.3, -0.25) is 14.4 Å². The van der Waals surface area contributed by atoms with Gasteiger partial charge >= 0.3 is 5.97 Å². The number of amides is 3. The number of carboxylic acids is 1. The van der Waals surface area contributed by atoms with Gasteiger partial charge in [-0.1, -0.05) is 37.3 Å². The number of likely N-dealkylation sites (N-methyl/N-ethyl adjacent to an activating group) is 1. The predicted octanol–water partition coefficient (Wildman–Crippen LogP) is 0.248. The number of fused-ring (bicyclic) bond motifs is 1. The largest absolute Gasteiger partial charge is 0.477 e. The SMILES string of the molecule is CNCC(=O)NC(C)[C@H]1C(=O)N2C(C(=O)O)=C(S[C@@H]3CN[C@H](C(=O)N4C[C@@H](N)C[C@H]4c4ccccc4)C3)[C@H](C)[C@H]12. The number of hydrogen-bond donors (Lipinski definition) is 5. The van der Waals surface area contributed by atoms with Crippen LogP contribution >= 0.6 is 11.8 Å². The molecular weight excluding hydrogens is 532 g/mol. The number of carbonyl (C=O) groups is 4. The molecule has 1 unspecified atom stereocenters. The van der Waals surface area contributed by atoms with Gasteiger partial charge in [0.25, 0.3) is 0 Å². The Morgan fingerprint density at radius 1 is 1.23 bits per heavy atom. The maximum Gasteiger partial charge on any atom is 0.353 e. The van der Waals surface area contributed by atoms with Crippen LogP contribution in [-0.4, -0.2) is 94.7 Å². The highest BCUT2D eigenvalue weighted by molar-refractivity contribution is 8.03. The van der Waals surface area contributed by atoms with Crippen LogP contribution in [0, 0.1) is 11.8 Å². The van der Waals surface area contributed by atoms with Crippen LogP contribution in [0.3, 0.4) is 0 Å². The fraction of sp³-hybridized carbons (Fsp3) is 0.571. The van der Waals surface area contributed by atoms with E-state index in [-0.39, 0.29) is 65.3 Å². The van der Waals surface area contributed by atoms with Crippen molar-refractivity contribution in [3.05, 3.63) is 46.5 Å². The van der Waals surface area contributed by atoms with Gasteiger partial charge < -0.3 is 36.6 Å². The van der Waals surface area contributed by atoms with Crippen LogP contribution < -0.4 is 21.7 Å². The molecule has 0 aromatic heterocycles. The number of likely N-dealkylation sites (tertiary alicyclic amines) is 1. The number of aliphatic carboxylic acids is 1. The van der Waals surface area contributed by atoms with E-state index in [2.05, 4.69) is 16.0 Å². The molecule has 40 heavy (non-hydrogen) atoms. The van der Waals surface area contributed by atoms with Crippen molar-refractivity contribution in [1.82, 2.24) is 25.8 Å². The van der Waals surface area contributed by atoms with Crippen LogP contribution in [0.25, 0.3) is 0 Å². The van der Waals surface area contributed by atoms with Gasteiger partial charge in [0.05, 0.1) is 30.6 Å². The molecule has 0 radical (unpaired) electrons. The van der Waals surface area contributed by atoms with Gasteiger partial charge in [0.2, 0.25) is 17.7 Å². The number of β-lactam (4-membered cyclic amide) rings is 1. The van der Waals surface area contributed by atoms with E-state index in [4.69, 9.17) is 5.73 Å². The first-order valence-corrected chi connectivity index (χ1v) is 14.8. The molecule has 0 aliphatic carbocycles. The fourth-order valence-corrected chi connectivity index (χ4v) is 8.19. The summed E-state index contributed by atoms with van der Waals surface area (Å²) in [7, 11) is 1.67. The number of nitrogens with one attached hydrogen (secondary N) is 3. The molecule has 3 saturated heterocycles. The van der Waals surface area contributed by atoms with Crippen LogP contribution in [0.15, 0.2) is 40.9 Å². The lowest BCUT2D eigenvalue weighted by Crippen LogP contribution is -2.66. The highest BCUT2D eigenvalue weighted by Gasteiger charge is 2.60. The summed E-state index contributed by atoms with van der Waals surface area (Å²) in [5.41, 5.74) is 7.37. The van der Waals surface area contributed by atoms with Gasteiger partial charge in [-0.2, -0.15) is 0 Å². The molecule has 6 N–H and O–H groups in total. The van der Waals surface area contributed by atoms with Crippen molar-refractivity contribution in [2.75, 3.05) is 26.7 Å². The molecule has 0 bridgehead atoms. The molecule has 4 heterocycles. The molecule has 0 saturated carbocycles. The molecule has 0 spiro atoms. The van der Waals surface area contributed by atoms with Gasteiger partial charge in [-0.15, -0.1) is 11.8 Å². The number of hydrogen-bond acceptors (Lipinski definition) is 8. The summed E-state index contributed by atoms with van der Waals surface area (Å²) >= 11 is 1.46. The van der Waals surface area contributed by atoms with Crippen LogP contribution in [0.5, 0.6) is 0 Å². The Balaban J connectivity index is 1.26. The minimum absolute atomic E-state index is 0.0157. The van der Waals surface area contributed by atoms with Crippen molar-refractivity contribution in [3.8, 4) is 0 Å². The zero-order valence-corrected chi connectivity index (χ0v) is 23.8.